The van der Waals surface area contributed by atoms with Crippen molar-refractivity contribution >= 4 is 7.59 Å². The summed E-state index contributed by atoms with van der Waals surface area (Å²) in [5, 5.41) is 0. The maximum Gasteiger partial charge on any atom is 0.271 e. The van der Waals surface area contributed by atoms with Gasteiger partial charge in [0.2, 0.25) is 0 Å². The Balaban J connectivity index is 0.000000187. The summed E-state index contributed by atoms with van der Waals surface area (Å²) in [6, 6.07) is 5.72. The molecule has 1 rings (SSSR count). The van der Waals surface area contributed by atoms with Crippen LogP contribution in [0.25, 0.3) is 0 Å². The zero-order valence-electron chi connectivity index (χ0n) is 5.92. The maximum atomic E-state index is 9.55. The van der Waals surface area contributed by atoms with Gasteiger partial charge in [0.25, 0.3) is 7.59 Å². The van der Waals surface area contributed by atoms with Crippen molar-refractivity contribution < 1.29 is 4.57 Å². The first-order valence-corrected chi connectivity index (χ1v) is 4.72. The molecule has 0 saturated heterocycles. The Morgan fingerprint density at radius 1 is 1.00 bits per heavy atom. The third kappa shape index (κ3) is 17.6. The third-order valence-electron chi connectivity index (χ3n) is 0.566. The number of hydrogen-bond donors (Lipinski definition) is 3. The van der Waals surface area contributed by atoms with Crippen LogP contribution in [0.2, 0.25) is 0 Å². The Labute approximate surface area is 65.1 Å². The predicted octanol–water partition coefficient (Wildman–Crippen LogP) is 0.0522. The van der Waals surface area contributed by atoms with Gasteiger partial charge in [-0.25, -0.2) is 0 Å². The van der Waals surface area contributed by atoms with Gasteiger partial charge in [-0.3, -0.25) is 26.1 Å². The van der Waals surface area contributed by atoms with Crippen LogP contribution in [0.15, 0.2) is 30.6 Å². The lowest BCUT2D eigenvalue weighted by atomic mass is 10.5. The normalized spacial score (nSPS) is 9.73. The largest absolute Gasteiger partial charge is 0.272 e. The quantitative estimate of drug-likeness (QED) is 0.481. The molecule has 6 N–H and O–H groups in total. The fourth-order valence-corrected chi connectivity index (χ4v) is 0.313. The van der Waals surface area contributed by atoms with Gasteiger partial charge in [-0.1, -0.05) is 6.07 Å². The molecule has 0 aliphatic heterocycles. The van der Waals surface area contributed by atoms with E-state index < -0.39 is 7.59 Å². The summed E-state index contributed by atoms with van der Waals surface area (Å²) in [6.45, 7) is 0. The lowest BCUT2D eigenvalue weighted by molar-refractivity contribution is 0.577. The van der Waals surface area contributed by atoms with Crippen LogP contribution in [0.5, 0.6) is 0 Å². The van der Waals surface area contributed by atoms with E-state index in [-0.39, 0.29) is 0 Å². The van der Waals surface area contributed by atoms with Crippen LogP contribution in [0, 0.1) is 0 Å². The second kappa shape index (κ2) is 4.98. The number of aromatic nitrogens is 1. The highest BCUT2D eigenvalue weighted by atomic mass is 31.2. The minimum atomic E-state index is -3.14. The van der Waals surface area contributed by atoms with Gasteiger partial charge in [0.1, 0.15) is 0 Å². The molecule has 0 radical (unpaired) electrons. The van der Waals surface area contributed by atoms with E-state index in [2.05, 4.69) is 21.5 Å². The molecular formula is C5H11N4OP. The van der Waals surface area contributed by atoms with Gasteiger partial charge in [-0.05, 0) is 12.1 Å². The molecule has 0 amide bonds. The molecule has 0 unspecified atom stereocenters. The zero-order chi connectivity index (χ0) is 8.74. The minimum absolute atomic E-state index is 1.75. The smallest absolute Gasteiger partial charge is 0.271 e. The van der Waals surface area contributed by atoms with Crippen molar-refractivity contribution in [3.8, 4) is 0 Å². The van der Waals surface area contributed by atoms with Crippen molar-refractivity contribution in [3.63, 3.8) is 0 Å². The minimum Gasteiger partial charge on any atom is -0.272 e. The second-order valence-electron chi connectivity index (χ2n) is 1.79. The van der Waals surface area contributed by atoms with Crippen molar-refractivity contribution in [3.05, 3.63) is 30.6 Å². The van der Waals surface area contributed by atoms with Crippen LogP contribution in [0.3, 0.4) is 0 Å². The van der Waals surface area contributed by atoms with Gasteiger partial charge < -0.3 is 0 Å². The van der Waals surface area contributed by atoms with Crippen LogP contribution >= 0.6 is 7.59 Å². The summed E-state index contributed by atoms with van der Waals surface area (Å²) in [5.41, 5.74) is 13.4. The van der Waals surface area contributed by atoms with Gasteiger partial charge in [-0.2, -0.15) is 0 Å². The number of nitrogens with zero attached hydrogens (tertiary/aromatic N) is 1. The monoisotopic (exact) mass is 174 g/mol. The van der Waals surface area contributed by atoms with E-state index in [0.29, 0.717) is 0 Å². The van der Waals surface area contributed by atoms with E-state index in [9.17, 15) is 4.57 Å². The average Bonchev–Trinajstić information content (AvgIpc) is 1.88. The topological polar surface area (TPSA) is 108 Å². The van der Waals surface area contributed by atoms with Gasteiger partial charge in [0.05, 0.1) is 0 Å². The molecule has 1 aromatic rings. The van der Waals surface area contributed by atoms with Gasteiger partial charge in [-0.15, -0.1) is 0 Å². The van der Waals surface area contributed by atoms with Gasteiger partial charge >= 0.3 is 0 Å². The van der Waals surface area contributed by atoms with Crippen LogP contribution in [0.4, 0.5) is 0 Å². The molecule has 0 aliphatic carbocycles. The van der Waals surface area contributed by atoms with Crippen LogP contribution in [0.1, 0.15) is 0 Å². The molecule has 0 aliphatic rings. The maximum absolute atomic E-state index is 9.55. The zero-order valence-corrected chi connectivity index (χ0v) is 6.82. The molecule has 0 spiro atoms. The summed E-state index contributed by atoms with van der Waals surface area (Å²) >= 11 is 0. The molecule has 6 heteroatoms. The number of hydrogen-bond acceptors (Lipinski definition) is 2. The third-order valence-corrected chi connectivity index (χ3v) is 0.566. The Hall–Kier alpha value is -0.740. The Morgan fingerprint density at radius 2 is 1.36 bits per heavy atom. The van der Waals surface area contributed by atoms with Crippen molar-refractivity contribution in [2.24, 2.45) is 16.5 Å². The molecule has 11 heavy (non-hydrogen) atoms. The highest BCUT2D eigenvalue weighted by Gasteiger charge is 1.90. The Bertz CT molecular complexity index is 186. The van der Waals surface area contributed by atoms with Crippen LogP contribution in [-0.4, -0.2) is 4.98 Å². The standard InChI is InChI=1S/C5H5N.H6N3OP/c1-2-4-6-5-3-1;1-5(2,3)4/h1-5H;(H6,1,2,3,4). The molecular weight excluding hydrogens is 163 g/mol. The fourth-order valence-electron chi connectivity index (χ4n) is 0.313. The number of pyridine rings is 1. The first kappa shape index (κ1) is 10.3. The molecule has 0 fully saturated rings. The lowest BCUT2D eigenvalue weighted by Crippen LogP contribution is -2.12. The van der Waals surface area contributed by atoms with E-state index in [1.807, 2.05) is 18.2 Å². The van der Waals surface area contributed by atoms with Crippen molar-refractivity contribution in [2.45, 2.75) is 0 Å². The summed E-state index contributed by atoms with van der Waals surface area (Å²) in [6.07, 6.45) is 3.50. The van der Waals surface area contributed by atoms with Crippen molar-refractivity contribution in [2.75, 3.05) is 0 Å². The Kier molecular flexibility index (Phi) is 4.65. The molecule has 62 valence electrons. The highest BCUT2D eigenvalue weighted by molar-refractivity contribution is 7.56. The second-order valence-corrected chi connectivity index (χ2v) is 3.31. The molecule has 0 saturated carbocycles. The summed E-state index contributed by atoms with van der Waals surface area (Å²) in [4.78, 5) is 3.78. The van der Waals surface area contributed by atoms with Gasteiger partial charge in [0.15, 0.2) is 0 Å². The summed E-state index contributed by atoms with van der Waals surface area (Å²) in [5.74, 6) is 0. The van der Waals surface area contributed by atoms with E-state index in [1.54, 1.807) is 12.4 Å². The summed E-state index contributed by atoms with van der Waals surface area (Å²) < 4.78 is 9.55. The van der Waals surface area contributed by atoms with E-state index in [0.717, 1.165) is 0 Å². The van der Waals surface area contributed by atoms with Crippen LogP contribution in [-0.2, 0) is 4.57 Å². The van der Waals surface area contributed by atoms with Crippen molar-refractivity contribution in [1.29, 1.82) is 0 Å². The van der Waals surface area contributed by atoms with E-state index in [4.69, 9.17) is 0 Å². The average molecular weight is 174 g/mol. The van der Waals surface area contributed by atoms with Gasteiger partial charge in [0, 0.05) is 12.4 Å². The highest BCUT2D eigenvalue weighted by Crippen LogP contribution is 2.06. The number of rotatable bonds is 0. The van der Waals surface area contributed by atoms with Crippen LogP contribution < -0.4 is 16.5 Å². The molecule has 1 aromatic heterocycles. The first-order valence-electron chi connectivity index (χ1n) is 2.81. The lowest BCUT2D eigenvalue weighted by Gasteiger charge is -1.88. The Morgan fingerprint density at radius 3 is 1.45 bits per heavy atom. The first-order chi connectivity index (χ1) is 5.00. The molecule has 0 atom stereocenters. The summed E-state index contributed by atoms with van der Waals surface area (Å²) in [7, 11) is -3.14. The predicted molar refractivity (Wildman–Crippen MR) is 44.4 cm³/mol. The van der Waals surface area contributed by atoms with Crippen molar-refractivity contribution in [1.82, 2.24) is 4.98 Å². The molecule has 0 aromatic carbocycles. The van der Waals surface area contributed by atoms with E-state index >= 15 is 0 Å². The molecule has 1 heterocycles. The SMILES string of the molecule is NP(N)(N)=O.c1ccncc1. The van der Waals surface area contributed by atoms with E-state index in [1.165, 1.54) is 0 Å². The molecule has 0 bridgehead atoms. The fraction of sp³-hybridized carbons (Fsp3) is 0. The molecule has 5 nitrogen and oxygen atoms in total. The number of nitrogens with two attached hydrogens (primary N) is 3.